The molecule has 1 heterocycles. The first-order valence-corrected chi connectivity index (χ1v) is 6.47. The van der Waals surface area contributed by atoms with Crippen molar-refractivity contribution in [2.75, 3.05) is 5.32 Å². The third-order valence-corrected chi connectivity index (χ3v) is 3.52. The number of carbonyl (C=O) groups excluding carboxylic acids is 1. The molecule has 3 heteroatoms. The van der Waals surface area contributed by atoms with Gasteiger partial charge in [0.1, 0.15) is 5.82 Å². The Balaban J connectivity index is 1.79. The van der Waals surface area contributed by atoms with Crippen LogP contribution in [0, 0.1) is 12.8 Å². The molecule has 1 saturated carbocycles. The predicted octanol–water partition coefficient (Wildman–Crippen LogP) is 3.30. The number of rotatable bonds is 4. The fourth-order valence-electron chi connectivity index (χ4n) is 2.45. The minimum absolute atomic E-state index is 0.0960. The van der Waals surface area contributed by atoms with Crippen LogP contribution in [0.2, 0.25) is 0 Å². The molecule has 17 heavy (non-hydrogen) atoms. The second-order valence-corrected chi connectivity index (χ2v) is 4.91. The third kappa shape index (κ3) is 3.55. The van der Waals surface area contributed by atoms with Gasteiger partial charge in [-0.1, -0.05) is 31.7 Å². The van der Waals surface area contributed by atoms with Gasteiger partial charge in [-0.15, -0.1) is 0 Å². The number of pyridine rings is 1. The lowest BCUT2D eigenvalue weighted by molar-refractivity contribution is -0.116. The van der Waals surface area contributed by atoms with E-state index < -0.39 is 0 Å². The molecule has 0 radical (unpaired) electrons. The number of hydrogen-bond acceptors (Lipinski definition) is 2. The molecular weight excluding hydrogens is 212 g/mol. The first kappa shape index (κ1) is 12.1. The van der Waals surface area contributed by atoms with E-state index in [1.54, 1.807) is 6.20 Å². The summed E-state index contributed by atoms with van der Waals surface area (Å²) in [4.78, 5) is 15.9. The average molecular weight is 232 g/mol. The molecule has 1 aliphatic carbocycles. The molecule has 1 aromatic heterocycles. The van der Waals surface area contributed by atoms with Crippen molar-refractivity contribution < 1.29 is 4.79 Å². The third-order valence-electron chi connectivity index (χ3n) is 3.52. The summed E-state index contributed by atoms with van der Waals surface area (Å²) in [6.45, 7) is 1.96. The van der Waals surface area contributed by atoms with Crippen molar-refractivity contribution in [2.45, 2.75) is 45.4 Å². The molecular formula is C14H20N2O. The smallest absolute Gasteiger partial charge is 0.225 e. The van der Waals surface area contributed by atoms with Crippen LogP contribution in [0.4, 0.5) is 5.82 Å². The van der Waals surface area contributed by atoms with E-state index in [9.17, 15) is 4.79 Å². The van der Waals surface area contributed by atoms with Gasteiger partial charge in [-0.05, 0) is 30.9 Å². The molecule has 92 valence electrons. The molecule has 1 aliphatic rings. The van der Waals surface area contributed by atoms with Gasteiger partial charge in [0.25, 0.3) is 0 Å². The molecule has 0 aliphatic heterocycles. The molecule has 0 atom stereocenters. The van der Waals surface area contributed by atoms with Crippen LogP contribution < -0.4 is 5.32 Å². The van der Waals surface area contributed by atoms with Gasteiger partial charge in [0.15, 0.2) is 0 Å². The molecule has 1 fully saturated rings. The van der Waals surface area contributed by atoms with Crippen LogP contribution in [0.25, 0.3) is 0 Å². The molecule has 1 aromatic rings. The van der Waals surface area contributed by atoms with Gasteiger partial charge in [0.05, 0.1) is 0 Å². The zero-order valence-corrected chi connectivity index (χ0v) is 10.4. The average Bonchev–Trinajstić information content (AvgIpc) is 2.82. The molecule has 0 bridgehead atoms. The summed E-state index contributed by atoms with van der Waals surface area (Å²) in [5.41, 5.74) is 1.02. The Morgan fingerprint density at radius 2 is 2.24 bits per heavy atom. The molecule has 0 unspecified atom stereocenters. The SMILES string of the molecule is Cc1cccnc1NC(=O)CCC1CCCC1. The zero-order chi connectivity index (χ0) is 12.1. The first-order chi connectivity index (χ1) is 8.25. The highest BCUT2D eigenvalue weighted by molar-refractivity contribution is 5.90. The van der Waals surface area contributed by atoms with E-state index in [1.165, 1.54) is 25.7 Å². The van der Waals surface area contributed by atoms with E-state index in [0.29, 0.717) is 12.2 Å². The number of amides is 1. The molecule has 0 spiro atoms. The molecule has 0 saturated heterocycles. The van der Waals surface area contributed by atoms with Gasteiger partial charge >= 0.3 is 0 Å². The monoisotopic (exact) mass is 232 g/mol. The highest BCUT2D eigenvalue weighted by Gasteiger charge is 2.16. The van der Waals surface area contributed by atoms with E-state index >= 15 is 0 Å². The maximum Gasteiger partial charge on any atom is 0.225 e. The molecule has 1 N–H and O–H groups in total. The van der Waals surface area contributed by atoms with E-state index in [-0.39, 0.29) is 5.91 Å². The van der Waals surface area contributed by atoms with Gasteiger partial charge < -0.3 is 5.32 Å². The maximum atomic E-state index is 11.8. The quantitative estimate of drug-likeness (QED) is 0.865. The van der Waals surface area contributed by atoms with Gasteiger partial charge in [-0.25, -0.2) is 4.98 Å². The Morgan fingerprint density at radius 3 is 2.94 bits per heavy atom. The molecule has 1 amide bonds. The van der Waals surface area contributed by atoms with Crippen LogP contribution in [0.1, 0.15) is 44.1 Å². The summed E-state index contributed by atoms with van der Waals surface area (Å²) in [6, 6.07) is 3.84. The standard InChI is InChI=1S/C14H20N2O/c1-11-5-4-10-15-14(11)16-13(17)9-8-12-6-2-3-7-12/h4-5,10,12H,2-3,6-9H2,1H3,(H,15,16,17). The number of aryl methyl sites for hydroxylation is 1. The fraction of sp³-hybridized carbons (Fsp3) is 0.571. The van der Waals surface area contributed by atoms with Crippen molar-refractivity contribution in [3.05, 3.63) is 23.9 Å². The number of anilines is 1. The molecule has 2 rings (SSSR count). The number of nitrogens with one attached hydrogen (secondary N) is 1. The van der Waals surface area contributed by atoms with Crippen LogP contribution >= 0.6 is 0 Å². The number of carbonyl (C=O) groups is 1. The predicted molar refractivity (Wildman–Crippen MR) is 68.8 cm³/mol. The lowest BCUT2D eigenvalue weighted by Crippen LogP contribution is -2.14. The van der Waals surface area contributed by atoms with Gasteiger partial charge in [-0.2, -0.15) is 0 Å². The van der Waals surface area contributed by atoms with Gasteiger partial charge in [0, 0.05) is 12.6 Å². The van der Waals surface area contributed by atoms with Crippen LogP contribution in [-0.4, -0.2) is 10.9 Å². The minimum Gasteiger partial charge on any atom is -0.310 e. The van der Waals surface area contributed by atoms with E-state index in [0.717, 1.165) is 17.9 Å². The Kier molecular flexibility index (Phi) is 4.13. The van der Waals surface area contributed by atoms with E-state index in [2.05, 4.69) is 10.3 Å². The first-order valence-electron chi connectivity index (χ1n) is 6.47. The van der Waals surface area contributed by atoms with Crippen molar-refractivity contribution in [1.29, 1.82) is 0 Å². The highest BCUT2D eigenvalue weighted by Crippen LogP contribution is 2.28. The van der Waals surface area contributed by atoms with Crippen molar-refractivity contribution in [3.8, 4) is 0 Å². The molecule has 0 aromatic carbocycles. The van der Waals surface area contributed by atoms with Gasteiger partial charge in [-0.3, -0.25) is 4.79 Å². The zero-order valence-electron chi connectivity index (χ0n) is 10.4. The lowest BCUT2D eigenvalue weighted by Gasteiger charge is -2.09. The van der Waals surface area contributed by atoms with Crippen LogP contribution in [-0.2, 0) is 4.79 Å². The Labute approximate surface area is 103 Å². The summed E-state index contributed by atoms with van der Waals surface area (Å²) in [5, 5.41) is 2.88. The van der Waals surface area contributed by atoms with Gasteiger partial charge in [0.2, 0.25) is 5.91 Å². The van der Waals surface area contributed by atoms with Crippen molar-refractivity contribution in [2.24, 2.45) is 5.92 Å². The van der Waals surface area contributed by atoms with Crippen LogP contribution in [0.5, 0.6) is 0 Å². The normalized spacial score (nSPS) is 16.1. The summed E-state index contributed by atoms with van der Waals surface area (Å²) < 4.78 is 0. The lowest BCUT2D eigenvalue weighted by atomic mass is 10.0. The topological polar surface area (TPSA) is 42.0 Å². The second kappa shape index (κ2) is 5.80. The summed E-state index contributed by atoms with van der Waals surface area (Å²) in [5.74, 6) is 1.56. The van der Waals surface area contributed by atoms with E-state index in [4.69, 9.17) is 0 Å². The van der Waals surface area contributed by atoms with Crippen molar-refractivity contribution in [3.63, 3.8) is 0 Å². The van der Waals surface area contributed by atoms with Crippen LogP contribution in [0.15, 0.2) is 18.3 Å². The van der Waals surface area contributed by atoms with Crippen molar-refractivity contribution in [1.82, 2.24) is 4.98 Å². The van der Waals surface area contributed by atoms with Crippen LogP contribution in [0.3, 0.4) is 0 Å². The minimum atomic E-state index is 0.0960. The Hall–Kier alpha value is -1.38. The number of hydrogen-bond donors (Lipinski definition) is 1. The number of aromatic nitrogens is 1. The Bertz CT molecular complexity index is 384. The number of nitrogens with zero attached hydrogens (tertiary/aromatic N) is 1. The Morgan fingerprint density at radius 1 is 1.47 bits per heavy atom. The maximum absolute atomic E-state index is 11.8. The van der Waals surface area contributed by atoms with E-state index in [1.807, 2.05) is 19.1 Å². The largest absolute Gasteiger partial charge is 0.310 e. The molecule has 3 nitrogen and oxygen atoms in total. The summed E-state index contributed by atoms with van der Waals surface area (Å²) in [7, 11) is 0. The highest BCUT2D eigenvalue weighted by atomic mass is 16.1. The second-order valence-electron chi connectivity index (χ2n) is 4.91. The summed E-state index contributed by atoms with van der Waals surface area (Å²) >= 11 is 0. The van der Waals surface area contributed by atoms with Crippen molar-refractivity contribution >= 4 is 11.7 Å². The summed E-state index contributed by atoms with van der Waals surface area (Å²) in [6.07, 6.45) is 8.64. The fourth-order valence-corrected chi connectivity index (χ4v) is 2.45.